The van der Waals surface area contributed by atoms with E-state index in [0.717, 1.165) is 0 Å². The second-order valence-electron chi connectivity index (χ2n) is 11.3. The molecule has 0 heterocycles. The van der Waals surface area contributed by atoms with Crippen LogP contribution in [0.5, 0.6) is 0 Å². The second kappa shape index (κ2) is 10.8. The summed E-state index contributed by atoms with van der Waals surface area (Å²) in [6.45, 7) is 29.3. The van der Waals surface area contributed by atoms with Gasteiger partial charge in [-0.25, -0.2) is 0 Å². The minimum absolute atomic E-state index is 0. The summed E-state index contributed by atoms with van der Waals surface area (Å²) in [4.78, 5) is 0. The van der Waals surface area contributed by atoms with E-state index in [1.807, 2.05) is 0 Å². The molecule has 4 atom stereocenters. The van der Waals surface area contributed by atoms with Crippen molar-refractivity contribution in [1.82, 2.24) is 0 Å². The molecular formula is C28H46Cl2Zr. The minimum atomic E-state index is -0.815. The maximum Gasteiger partial charge on any atom is -1.00 e. The van der Waals surface area contributed by atoms with Gasteiger partial charge in [-0.2, -0.15) is 0 Å². The monoisotopic (exact) mass is 542 g/mol. The van der Waals surface area contributed by atoms with Crippen LogP contribution in [0.1, 0.15) is 95.9 Å². The topological polar surface area (TPSA) is 0 Å². The zero-order chi connectivity index (χ0) is 22.4. The molecule has 0 spiro atoms. The van der Waals surface area contributed by atoms with Gasteiger partial charge in [-0.15, -0.1) is 0 Å². The van der Waals surface area contributed by atoms with Crippen LogP contribution in [-0.2, 0) is 23.2 Å². The van der Waals surface area contributed by atoms with E-state index >= 15 is 0 Å². The Kier molecular flexibility index (Phi) is 10.9. The first-order valence-electron chi connectivity index (χ1n) is 11.8. The van der Waals surface area contributed by atoms with Gasteiger partial charge in [0.25, 0.3) is 0 Å². The van der Waals surface area contributed by atoms with E-state index in [9.17, 15) is 0 Å². The zero-order valence-corrected chi connectivity index (χ0v) is 26.1. The minimum Gasteiger partial charge on any atom is -1.00 e. The van der Waals surface area contributed by atoms with Crippen LogP contribution in [0.3, 0.4) is 0 Å². The summed E-state index contributed by atoms with van der Waals surface area (Å²) in [5.41, 5.74) is 7.06. The smallest absolute Gasteiger partial charge is 1.00 e. The number of hydrogen-bond acceptors (Lipinski definition) is 0. The fourth-order valence-corrected chi connectivity index (χ4v) is 10.4. The Bertz CT molecular complexity index is 704. The average Bonchev–Trinajstić information content (AvgIpc) is 3.10. The molecule has 2 rings (SSSR count). The van der Waals surface area contributed by atoms with Gasteiger partial charge in [0.15, 0.2) is 0 Å². The van der Waals surface area contributed by atoms with Crippen molar-refractivity contribution in [2.45, 2.75) is 102 Å². The first kappa shape index (κ1) is 31.4. The summed E-state index contributed by atoms with van der Waals surface area (Å²) in [6, 6.07) is 0. The summed E-state index contributed by atoms with van der Waals surface area (Å²) < 4.78 is 0.611. The molecule has 2 aliphatic rings. The molecule has 4 unspecified atom stereocenters. The van der Waals surface area contributed by atoms with E-state index in [0.29, 0.717) is 18.1 Å². The number of halogens is 2. The summed E-state index contributed by atoms with van der Waals surface area (Å²) >= 11 is -0.815. The summed E-state index contributed by atoms with van der Waals surface area (Å²) in [5.74, 6) is 1.41. The van der Waals surface area contributed by atoms with Crippen LogP contribution in [0.2, 0.25) is 6.25 Å². The third-order valence-electron chi connectivity index (χ3n) is 9.13. The average molecular weight is 545 g/mol. The van der Waals surface area contributed by atoms with Gasteiger partial charge in [0.1, 0.15) is 0 Å². The molecule has 3 heteroatoms. The molecule has 0 aromatic carbocycles. The SMILES string of the molecule is CCC(C)C(C)(C)C1=C(C)[C](C)([Zr+2][C]2(C)C=CC(C(C)(C)C(C)CC)=C2C)C=C1.[Cl-].[Cl-]. The Labute approximate surface area is 218 Å². The van der Waals surface area contributed by atoms with Crippen molar-refractivity contribution >= 4 is 0 Å². The molecule has 0 fully saturated rings. The Morgan fingerprint density at radius 3 is 1.29 bits per heavy atom. The number of rotatable bonds is 8. The van der Waals surface area contributed by atoms with Gasteiger partial charge in [0.05, 0.1) is 0 Å². The fourth-order valence-electron chi connectivity index (χ4n) is 5.32. The fraction of sp³-hybridized carbons (Fsp3) is 0.714. The third kappa shape index (κ3) is 5.57. The van der Waals surface area contributed by atoms with Crippen molar-refractivity contribution in [2.75, 3.05) is 0 Å². The molecule has 0 radical (unpaired) electrons. The summed E-state index contributed by atoms with van der Waals surface area (Å²) in [5, 5.41) is 0. The molecule has 0 aromatic heterocycles. The largest absolute Gasteiger partial charge is 1.00 e. The maximum absolute atomic E-state index is 2.58. The predicted molar refractivity (Wildman–Crippen MR) is 127 cm³/mol. The van der Waals surface area contributed by atoms with Crippen LogP contribution in [-0.4, -0.2) is 0 Å². The van der Waals surface area contributed by atoms with Crippen molar-refractivity contribution in [3.63, 3.8) is 0 Å². The van der Waals surface area contributed by atoms with Crippen LogP contribution in [0.15, 0.2) is 46.6 Å². The Balaban J connectivity index is 0.00000450. The van der Waals surface area contributed by atoms with E-state index in [2.05, 4.69) is 107 Å². The molecular weight excluding hydrogens is 498 g/mol. The van der Waals surface area contributed by atoms with E-state index in [-0.39, 0.29) is 35.6 Å². The van der Waals surface area contributed by atoms with Crippen LogP contribution >= 0.6 is 0 Å². The normalized spacial score (nSPS) is 27.7. The Morgan fingerprint density at radius 2 is 1.03 bits per heavy atom. The van der Waals surface area contributed by atoms with Crippen molar-refractivity contribution in [2.24, 2.45) is 22.7 Å². The van der Waals surface area contributed by atoms with E-state index in [1.165, 1.54) is 12.8 Å². The van der Waals surface area contributed by atoms with Crippen molar-refractivity contribution in [1.29, 1.82) is 0 Å². The molecule has 0 aromatic rings. The molecule has 31 heavy (non-hydrogen) atoms. The van der Waals surface area contributed by atoms with Crippen molar-refractivity contribution in [3.05, 3.63) is 46.6 Å². The van der Waals surface area contributed by atoms with Gasteiger partial charge in [-0.1, -0.05) is 0 Å². The number of hydrogen-bond donors (Lipinski definition) is 0. The van der Waals surface area contributed by atoms with Gasteiger partial charge in [0.2, 0.25) is 0 Å². The molecule has 0 amide bonds. The van der Waals surface area contributed by atoms with Crippen molar-refractivity contribution in [3.8, 4) is 0 Å². The first-order chi connectivity index (χ1) is 13.2. The summed E-state index contributed by atoms with van der Waals surface area (Å²) in [6.07, 6.45) is 12.6. The van der Waals surface area contributed by atoms with Crippen LogP contribution in [0, 0.1) is 22.7 Å². The quantitative estimate of drug-likeness (QED) is 0.440. The van der Waals surface area contributed by atoms with Gasteiger partial charge in [-0.3, -0.25) is 0 Å². The van der Waals surface area contributed by atoms with Gasteiger partial charge in [0, 0.05) is 0 Å². The predicted octanol–water partition coefficient (Wildman–Crippen LogP) is 3.35. The Hall–Kier alpha value is 0.423. The second-order valence-corrected chi connectivity index (χ2v) is 17.1. The first-order valence-corrected chi connectivity index (χ1v) is 14.2. The van der Waals surface area contributed by atoms with Gasteiger partial charge in [-0.05, 0) is 0 Å². The molecule has 0 saturated heterocycles. The molecule has 176 valence electrons. The maximum atomic E-state index is 2.58. The standard InChI is InChI=1S/2C14H23.2ClH.Zr/c2*1-7-11(3)14(5,6)13-9-8-10(2)12(13)4;;;/h2*8-9,11H,7H2,1-6H3;2*1H;/q;;;;+2/p-2. The van der Waals surface area contributed by atoms with Crippen LogP contribution in [0.25, 0.3) is 0 Å². The van der Waals surface area contributed by atoms with Crippen LogP contribution < -0.4 is 24.8 Å². The molecule has 0 nitrogen and oxygen atoms in total. The van der Waals surface area contributed by atoms with Crippen molar-refractivity contribution < 1.29 is 48.0 Å². The van der Waals surface area contributed by atoms with Crippen LogP contribution in [0.4, 0.5) is 0 Å². The molecule has 0 bridgehead atoms. The Morgan fingerprint density at radius 1 is 0.742 bits per heavy atom. The van der Waals surface area contributed by atoms with E-state index in [4.69, 9.17) is 0 Å². The number of allylic oxidation sites excluding steroid dienone is 8. The van der Waals surface area contributed by atoms with Gasteiger partial charge >= 0.3 is 195 Å². The summed E-state index contributed by atoms with van der Waals surface area (Å²) in [7, 11) is 0. The molecule has 0 saturated carbocycles. The van der Waals surface area contributed by atoms with E-state index < -0.39 is 23.2 Å². The van der Waals surface area contributed by atoms with E-state index in [1.54, 1.807) is 22.3 Å². The molecule has 0 N–H and O–H groups in total. The molecule has 0 aliphatic heterocycles. The third-order valence-corrected chi connectivity index (χ3v) is 14.3. The zero-order valence-electron chi connectivity index (χ0n) is 22.1. The van der Waals surface area contributed by atoms with Gasteiger partial charge < -0.3 is 24.8 Å². The molecule has 2 aliphatic carbocycles.